The van der Waals surface area contributed by atoms with Gasteiger partial charge in [0.25, 0.3) is 0 Å². The molecule has 0 saturated carbocycles. The first kappa shape index (κ1) is 14.0. The lowest BCUT2D eigenvalue weighted by Gasteiger charge is -1.77. The Hall–Kier alpha value is -2.03. The predicted octanol–water partition coefficient (Wildman–Crippen LogP) is 0.837. The van der Waals surface area contributed by atoms with E-state index in [9.17, 15) is 0 Å². The van der Waals surface area contributed by atoms with Gasteiger partial charge in [-0.25, -0.2) is 9.13 Å². The molecule has 2 heterocycles. The molecule has 3 nitrogen and oxygen atoms in total. The molecule has 2 rings (SSSR count). The van der Waals surface area contributed by atoms with Crippen LogP contribution in [-0.4, -0.2) is 6.79 Å². The van der Waals surface area contributed by atoms with Crippen LogP contribution in [0.2, 0.25) is 0 Å². The lowest BCUT2D eigenvalue weighted by molar-refractivity contribution is -0.671. The van der Waals surface area contributed by atoms with Crippen LogP contribution in [-0.2, 0) is 18.9 Å². The Bertz CT molecular complexity index is 325. The summed E-state index contributed by atoms with van der Waals surface area (Å²) >= 11 is 0. The van der Waals surface area contributed by atoms with E-state index in [-0.39, 0.29) is 0 Å². The zero-order valence-corrected chi connectivity index (χ0v) is 9.78. The third-order valence-electron chi connectivity index (χ3n) is 1.73. The molecular weight excluding hydrogens is 200 g/mol. The zero-order valence-electron chi connectivity index (χ0n) is 9.78. The molecule has 0 unspecified atom stereocenters. The zero-order chi connectivity index (χ0) is 12.2. The number of aromatic nitrogens is 2. The van der Waals surface area contributed by atoms with Crippen LogP contribution in [0.4, 0.5) is 0 Å². The molecule has 3 heteroatoms. The number of aryl methyl sites for hydroxylation is 2. The van der Waals surface area contributed by atoms with Crippen LogP contribution in [0.25, 0.3) is 0 Å². The van der Waals surface area contributed by atoms with Gasteiger partial charge < -0.3 is 4.79 Å². The second-order valence-corrected chi connectivity index (χ2v) is 3.08. The van der Waals surface area contributed by atoms with Crippen molar-refractivity contribution in [2.75, 3.05) is 0 Å². The van der Waals surface area contributed by atoms with Crippen molar-refractivity contribution in [3.05, 3.63) is 61.2 Å². The molecule has 0 spiro atoms. The van der Waals surface area contributed by atoms with Crippen molar-refractivity contribution in [1.82, 2.24) is 0 Å². The van der Waals surface area contributed by atoms with E-state index in [0.29, 0.717) is 0 Å². The summed E-state index contributed by atoms with van der Waals surface area (Å²) in [7, 11) is 4.00. The highest BCUT2D eigenvalue weighted by Crippen LogP contribution is 1.72. The third-order valence-corrected chi connectivity index (χ3v) is 1.73. The molecule has 0 saturated heterocycles. The summed E-state index contributed by atoms with van der Waals surface area (Å²) in [5, 5.41) is 0. The van der Waals surface area contributed by atoms with Crippen molar-refractivity contribution in [3.63, 3.8) is 0 Å². The fraction of sp³-hybridized carbons (Fsp3) is 0.154. The van der Waals surface area contributed by atoms with Crippen LogP contribution in [0, 0.1) is 0 Å². The third kappa shape index (κ3) is 7.38. The SMILES string of the molecule is C=O.C[n+]1ccccc1.C[n+]1ccccc1. The molecule has 16 heavy (non-hydrogen) atoms. The Morgan fingerprint density at radius 1 is 0.625 bits per heavy atom. The lowest BCUT2D eigenvalue weighted by atomic mass is 10.5. The van der Waals surface area contributed by atoms with Gasteiger partial charge >= 0.3 is 0 Å². The van der Waals surface area contributed by atoms with Crippen LogP contribution < -0.4 is 9.13 Å². The summed E-state index contributed by atoms with van der Waals surface area (Å²) < 4.78 is 4.00. The highest BCUT2D eigenvalue weighted by molar-refractivity contribution is 5.10. The second kappa shape index (κ2) is 9.52. The van der Waals surface area contributed by atoms with Gasteiger partial charge in [-0.15, -0.1) is 0 Å². The van der Waals surface area contributed by atoms with Gasteiger partial charge in [0.15, 0.2) is 24.8 Å². The predicted molar refractivity (Wildman–Crippen MR) is 62.4 cm³/mol. The standard InChI is InChI=1S/2C6H8N.CH2O/c2*1-7-5-3-2-4-6-7;1-2/h2*2-6H,1H3;1H2/q2*+1;. The molecular formula is C13H18N2O+2. The van der Waals surface area contributed by atoms with Gasteiger partial charge in [-0.2, -0.15) is 0 Å². The monoisotopic (exact) mass is 218 g/mol. The summed E-state index contributed by atoms with van der Waals surface area (Å²) in [6.07, 6.45) is 8.00. The van der Waals surface area contributed by atoms with E-state index in [0.717, 1.165) is 0 Å². The number of carbonyl (C=O) groups excluding carboxylic acids is 1. The minimum Gasteiger partial charge on any atom is -0.307 e. The quantitative estimate of drug-likeness (QED) is 0.601. The van der Waals surface area contributed by atoms with E-state index in [1.807, 2.05) is 91.2 Å². The Balaban J connectivity index is 0.000000244. The molecule has 0 amide bonds. The number of nitrogens with zero attached hydrogens (tertiary/aromatic N) is 2. The highest BCUT2D eigenvalue weighted by atomic mass is 16.1. The first-order valence-electron chi connectivity index (χ1n) is 4.88. The normalized spacial score (nSPS) is 7.88. The van der Waals surface area contributed by atoms with Crippen LogP contribution in [0.1, 0.15) is 0 Å². The van der Waals surface area contributed by atoms with E-state index in [1.54, 1.807) is 0 Å². The average Bonchev–Trinajstić information content (AvgIpc) is 2.34. The largest absolute Gasteiger partial charge is 0.307 e. The van der Waals surface area contributed by atoms with E-state index < -0.39 is 0 Å². The highest BCUT2D eigenvalue weighted by Gasteiger charge is 1.79. The summed E-state index contributed by atoms with van der Waals surface area (Å²) in [4.78, 5) is 8.00. The Morgan fingerprint density at radius 3 is 1.00 bits per heavy atom. The fourth-order valence-corrected chi connectivity index (χ4v) is 0.969. The average molecular weight is 218 g/mol. The van der Waals surface area contributed by atoms with Gasteiger partial charge in [-0.05, 0) is 0 Å². The molecule has 0 aliphatic heterocycles. The number of hydrogen-bond acceptors (Lipinski definition) is 1. The van der Waals surface area contributed by atoms with Gasteiger partial charge in [-0.1, -0.05) is 12.1 Å². The summed E-state index contributed by atoms with van der Waals surface area (Å²) in [5.74, 6) is 0. The van der Waals surface area contributed by atoms with E-state index >= 15 is 0 Å². The summed E-state index contributed by atoms with van der Waals surface area (Å²) in [6, 6.07) is 12.0. The summed E-state index contributed by atoms with van der Waals surface area (Å²) in [5.41, 5.74) is 0. The van der Waals surface area contributed by atoms with Crippen molar-refractivity contribution >= 4 is 6.79 Å². The summed E-state index contributed by atoms with van der Waals surface area (Å²) in [6.45, 7) is 2.00. The number of pyridine rings is 2. The van der Waals surface area contributed by atoms with Crippen molar-refractivity contribution in [1.29, 1.82) is 0 Å². The lowest BCUT2D eigenvalue weighted by Crippen LogP contribution is -2.25. The van der Waals surface area contributed by atoms with Gasteiger partial charge in [0.1, 0.15) is 20.9 Å². The molecule has 0 radical (unpaired) electrons. The molecule has 0 atom stereocenters. The van der Waals surface area contributed by atoms with Gasteiger partial charge in [0, 0.05) is 24.3 Å². The van der Waals surface area contributed by atoms with Crippen molar-refractivity contribution in [3.8, 4) is 0 Å². The Kier molecular flexibility index (Phi) is 8.31. The minimum absolute atomic E-state index is 2.00. The second-order valence-electron chi connectivity index (χ2n) is 3.08. The molecule has 0 aliphatic rings. The molecule has 2 aromatic heterocycles. The van der Waals surface area contributed by atoms with Gasteiger partial charge in [-0.3, -0.25) is 0 Å². The Morgan fingerprint density at radius 2 is 0.875 bits per heavy atom. The van der Waals surface area contributed by atoms with Crippen molar-refractivity contribution in [2.24, 2.45) is 14.1 Å². The van der Waals surface area contributed by atoms with Crippen molar-refractivity contribution in [2.45, 2.75) is 0 Å². The fourth-order valence-electron chi connectivity index (χ4n) is 0.969. The minimum atomic E-state index is 2.00. The number of hydrogen-bond donors (Lipinski definition) is 0. The topological polar surface area (TPSA) is 24.8 Å². The maximum atomic E-state index is 8.00. The maximum Gasteiger partial charge on any atom is 0.168 e. The van der Waals surface area contributed by atoms with Crippen LogP contribution >= 0.6 is 0 Å². The number of carbonyl (C=O) groups is 1. The van der Waals surface area contributed by atoms with Crippen LogP contribution in [0.15, 0.2) is 61.2 Å². The van der Waals surface area contributed by atoms with Gasteiger partial charge in [0.05, 0.1) is 0 Å². The first-order valence-corrected chi connectivity index (χ1v) is 4.88. The molecule has 0 aliphatic carbocycles. The van der Waals surface area contributed by atoms with E-state index in [4.69, 9.17) is 4.79 Å². The molecule has 0 fully saturated rings. The van der Waals surface area contributed by atoms with E-state index in [2.05, 4.69) is 0 Å². The molecule has 0 aromatic carbocycles. The van der Waals surface area contributed by atoms with Crippen molar-refractivity contribution < 1.29 is 13.9 Å². The molecule has 2 aromatic rings. The van der Waals surface area contributed by atoms with Crippen LogP contribution in [0.3, 0.4) is 0 Å². The smallest absolute Gasteiger partial charge is 0.168 e. The van der Waals surface area contributed by atoms with E-state index in [1.165, 1.54) is 0 Å². The maximum absolute atomic E-state index is 8.00. The number of rotatable bonds is 0. The first-order chi connectivity index (χ1) is 7.79. The molecule has 84 valence electrons. The molecule has 0 N–H and O–H groups in total. The molecule has 0 bridgehead atoms. The van der Waals surface area contributed by atoms with Crippen LogP contribution in [0.5, 0.6) is 0 Å². The Labute approximate surface area is 96.6 Å². The van der Waals surface area contributed by atoms with Gasteiger partial charge in [0.2, 0.25) is 0 Å².